The van der Waals surface area contributed by atoms with Crippen LogP contribution in [0.5, 0.6) is 0 Å². The number of hydrogen-bond acceptors (Lipinski definition) is 3. The van der Waals surface area contributed by atoms with E-state index in [-0.39, 0.29) is 11.8 Å². The number of hydrogen-bond donors (Lipinski definition) is 3. The summed E-state index contributed by atoms with van der Waals surface area (Å²) in [4.78, 5) is 25.2. The van der Waals surface area contributed by atoms with Gasteiger partial charge in [0, 0.05) is 22.2 Å². The Bertz CT molecular complexity index is 1170. The van der Waals surface area contributed by atoms with E-state index in [4.69, 9.17) is 0 Å². The van der Waals surface area contributed by atoms with Gasteiger partial charge in [-0.15, -0.1) is 0 Å². The number of aryl methyl sites for hydroxylation is 1. The Labute approximate surface area is 161 Å². The number of carbonyl (C=O) groups is 2. The Morgan fingerprint density at radius 3 is 2.39 bits per heavy atom. The van der Waals surface area contributed by atoms with Crippen molar-refractivity contribution in [3.8, 4) is 0 Å². The standard InChI is InChI=1S/C22H18N4O2/c1-14-10-11-16(12-19(14)25-21(27)15-6-3-2-4-7-15)22(28)24-18-9-5-8-17-13-23-26-20(17)18/h2-13H,1H3,(H,23,26)(H,24,28)(H,25,27). The predicted octanol–water partition coefficient (Wildman–Crippen LogP) is 4.38. The van der Waals surface area contributed by atoms with Gasteiger partial charge < -0.3 is 10.6 Å². The Balaban J connectivity index is 1.57. The summed E-state index contributed by atoms with van der Waals surface area (Å²) in [6, 6.07) is 19.8. The molecule has 2 amide bonds. The highest BCUT2D eigenvalue weighted by Gasteiger charge is 2.13. The Kier molecular flexibility index (Phi) is 4.60. The monoisotopic (exact) mass is 370 g/mol. The predicted molar refractivity (Wildman–Crippen MR) is 110 cm³/mol. The lowest BCUT2D eigenvalue weighted by atomic mass is 10.1. The number of aromatic nitrogens is 2. The van der Waals surface area contributed by atoms with Crippen molar-refractivity contribution in [3.63, 3.8) is 0 Å². The molecule has 0 aliphatic heterocycles. The zero-order valence-corrected chi connectivity index (χ0v) is 15.2. The number of para-hydroxylation sites is 1. The summed E-state index contributed by atoms with van der Waals surface area (Å²) >= 11 is 0. The molecular formula is C22H18N4O2. The number of aromatic amines is 1. The van der Waals surface area contributed by atoms with Gasteiger partial charge in [0.2, 0.25) is 0 Å². The number of anilines is 2. The molecule has 6 heteroatoms. The minimum atomic E-state index is -0.266. The number of H-pyrrole nitrogens is 1. The van der Waals surface area contributed by atoms with Crippen molar-refractivity contribution in [2.45, 2.75) is 6.92 Å². The molecule has 1 aromatic heterocycles. The van der Waals surface area contributed by atoms with Gasteiger partial charge in [-0.1, -0.05) is 36.4 Å². The highest BCUT2D eigenvalue weighted by molar-refractivity contribution is 6.10. The summed E-state index contributed by atoms with van der Waals surface area (Å²) < 4.78 is 0. The summed E-state index contributed by atoms with van der Waals surface area (Å²) in [6.07, 6.45) is 1.70. The molecule has 0 fully saturated rings. The molecule has 0 aliphatic carbocycles. The van der Waals surface area contributed by atoms with Gasteiger partial charge in [0.1, 0.15) is 0 Å². The van der Waals surface area contributed by atoms with E-state index in [1.54, 1.807) is 30.5 Å². The Morgan fingerprint density at radius 1 is 0.821 bits per heavy atom. The fraction of sp³-hybridized carbons (Fsp3) is 0.0455. The molecular weight excluding hydrogens is 352 g/mol. The first kappa shape index (κ1) is 17.5. The van der Waals surface area contributed by atoms with Crippen molar-refractivity contribution >= 4 is 34.1 Å². The second kappa shape index (κ2) is 7.36. The molecule has 0 saturated heterocycles. The SMILES string of the molecule is Cc1ccc(C(=O)Nc2cccc3cn[nH]c23)cc1NC(=O)c1ccccc1. The minimum Gasteiger partial charge on any atom is -0.322 e. The molecule has 0 atom stereocenters. The molecule has 28 heavy (non-hydrogen) atoms. The van der Waals surface area contributed by atoms with Crippen molar-refractivity contribution in [2.24, 2.45) is 0 Å². The van der Waals surface area contributed by atoms with Crippen LogP contribution < -0.4 is 10.6 Å². The van der Waals surface area contributed by atoms with E-state index in [0.29, 0.717) is 22.5 Å². The maximum Gasteiger partial charge on any atom is 0.255 e. The van der Waals surface area contributed by atoms with Crippen LogP contribution in [0.1, 0.15) is 26.3 Å². The third-order valence-corrected chi connectivity index (χ3v) is 4.51. The van der Waals surface area contributed by atoms with Crippen molar-refractivity contribution in [2.75, 3.05) is 10.6 Å². The average Bonchev–Trinajstić information content (AvgIpc) is 3.20. The highest BCUT2D eigenvalue weighted by atomic mass is 16.2. The van der Waals surface area contributed by atoms with E-state index >= 15 is 0 Å². The molecule has 3 aromatic carbocycles. The largest absolute Gasteiger partial charge is 0.322 e. The number of nitrogens with zero attached hydrogens (tertiary/aromatic N) is 1. The average molecular weight is 370 g/mol. The second-order valence-corrected chi connectivity index (χ2v) is 6.44. The van der Waals surface area contributed by atoms with E-state index in [0.717, 1.165) is 16.5 Å². The van der Waals surface area contributed by atoms with Crippen LogP contribution in [0.3, 0.4) is 0 Å². The van der Waals surface area contributed by atoms with Crippen molar-refractivity contribution in [3.05, 3.63) is 89.6 Å². The third kappa shape index (κ3) is 3.48. The summed E-state index contributed by atoms with van der Waals surface area (Å²) in [7, 11) is 0. The van der Waals surface area contributed by atoms with Crippen LogP contribution in [-0.2, 0) is 0 Å². The first-order valence-electron chi connectivity index (χ1n) is 8.82. The summed E-state index contributed by atoms with van der Waals surface area (Å²) in [5, 5.41) is 13.6. The number of benzene rings is 3. The molecule has 0 saturated carbocycles. The zero-order chi connectivity index (χ0) is 19.5. The lowest BCUT2D eigenvalue weighted by molar-refractivity contribution is 0.101. The highest BCUT2D eigenvalue weighted by Crippen LogP contribution is 2.23. The Hall–Kier alpha value is -3.93. The van der Waals surface area contributed by atoms with Gasteiger partial charge >= 0.3 is 0 Å². The number of nitrogens with one attached hydrogen (secondary N) is 3. The molecule has 6 nitrogen and oxygen atoms in total. The quantitative estimate of drug-likeness (QED) is 0.498. The van der Waals surface area contributed by atoms with Crippen LogP contribution in [0.25, 0.3) is 10.9 Å². The molecule has 0 spiro atoms. The molecule has 138 valence electrons. The first-order valence-corrected chi connectivity index (χ1v) is 8.82. The van der Waals surface area contributed by atoms with E-state index in [1.165, 1.54) is 0 Å². The summed E-state index contributed by atoms with van der Waals surface area (Å²) in [6.45, 7) is 1.88. The van der Waals surface area contributed by atoms with E-state index in [1.807, 2.05) is 49.4 Å². The molecule has 4 aromatic rings. The third-order valence-electron chi connectivity index (χ3n) is 4.51. The lowest BCUT2D eigenvalue weighted by Crippen LogP contribution is -2.15. The van der Waals surface area contributed by atoms with E-state index in [2.05, 4.69) is 20.8 Å². The van der Waals surface area contributed by atoms with Crippen LogP contribution in [0.4, 0.5) is 11.4 Å². The van der Waals surface area contributed by atoms with Gasteiger partial charge in [-0.2, -0.15) is 5.10 Å². The van der Waals surface area contributed by atoms with Gasteiger partial charge in [-0.25, -0.2) is 0 Å². The molecule has 3 N–H and O–H groups in total. The van der Waals surface area contributed by atoms with Crippen LogP contribution in [0.2, 0.25) is 0 Å². The van der Waals surface area contributed by atoms with Crippen LogP contribution in [-0.4, -0.2) is 22.0 Å². The topological polar surface area (TPSA) is 86.9 Å². The lowest BCUT2D eigenvalue weighted by Gasteiger charge is -2.11. The van der Waals surface area contributed by atoms with Crippen molar-refractivity contribution in [1.29, 1.82) is 0 Å². The van der Waals surface area contributed by atoms with Crippen LogP contribution >= 0.6 is 0 Å². The van der Waals surface area contributed by atoms with Gasteiger partial charge in [0.05, 0.1) is 17.4 Å². The summed E-state index contributed by atoms with van der Waals surface area (Å²) in [5.41, 5.74) is 3.89. The molecule has 0 bridgehead atoms. The molecule has 4 rings (SSSR count). The van der Waals surface area contributed by atoms with Crippen LogP contribution in [0, 0.1) is 6.92 Å². The van der Waals surface area contributed by atoms with Gasteiger partial charge in [0.15, 0.2) is 0 Å². The molecule has 0 unspecified atom stereocenters. The van der Waals surface area contributed by atoms with Crippen LogP contribution in [0.15, 0.2) is 72.9 Å². The van der Waals surface area contributed by atoms with Crippen molar-refractivity contribution < 1.29 is 9.59 Å². The normalized spacial score (nSPS) is 10.6. The second-order valence-electron chi connectivity index (χ2n) is 6.44. The van der Waals surface area contributed by atoms with Gasteiger partial charge in [-0.3, -0.25) is 14.7 Å². The van der Waals surface area contributed by atoms with Gasteiger partial charge in [0.25, 0.3) is 11.8 Å². The maximum atomic E-state index is 12.7. The fourth-order valence-electron chi connectivity index (χ4n) is 2.95. The number of rotatable bonds is 4. The number of amides is 2. The van der Waals surface area contributed by atoms with E-state index < -0.39 is 0 Å². The smallest absolute Gasteiger partial charge is 0.255 e. The first-order chi connectivity index (χ1) is 13.6. The fourth-order valence-corrected chi connectivity index (χ4v) is 2.95. The summed E-state index contributed by atoms with van der Waals surface area (Å²) in [5.74, 6) is -0.485. The van der Waals surface area contributed by atoms with Gasteiger partial charge in [-0.05, 0) is 42.8 Å². The number of carbonyl (C=O) groups excluding carboxylic acids is 2. The van der Waals surface area contributed by atoms with E-state index in [9.17, 15) is 9.59 Å². The Morgan fingerprint density at radius 2 is 1.57 bits per heavy atom. The number of fused-ring (bicyclic) bond motifs is 1. The van der Waals surface area contributed by atoms with Crippen molar-refractivity contribution in [1.82, 2.24) is 10.2 Å². The molecule has 0 aliphatic rings. The molecule has 1 heterocycles. The zero-order valence-electron chi connectivity index (χ0n) is 15.2. The maximum absolute atomic E-state index is 12.7. The molecule has 0 radical (unpaired) electrons. The minimum absolute atomic E-state index is 0.219.